The van der Waals surface area contributed by atoms with Crippen LogP contribution in [0.1, 0.15) is 10.4 Å². The summed E-state index contributed by atoms with van der Waals surface area (Å²) in [6, 6.07) is 7.10. The molecular weight excluding hydrogens is 342 g/mol. The van der Waals surface area contributed by atoms with Crippen LogP contribution in [0.5, 0.6) is 5.75 Å². The molecule has 0 heterocycles. The van der Waals surface area contributed by atoms with E-state index in [4.69, 9.17) is 16.3 Å². The number of carbonyl (C=O) groups is 1. The van der Waals surface area contributed by atoms with E-state index in [2.05, 4.69) is 5.32 Å². The van der Waals surface area contributed by atoms with Gasteiger partial charge in [0, 0.05) is 18.2 Å². The highest BCUT2D eigenvalue weighted by Crippen LogP contribution is 2.30. The number of carbonyl (C=O) groups excluding carboxylic acids is 1. The fourth-order valence-corrected chi connectivity index (χ4v) is 2.15. The van der Waals surface area contributed by atoms with E-state index < -0.39 is 15.8 Å². The normalized spacial score (nSPS) is 10.1. The van der Waals surface area contributed by atoms with Crippen molar-refractivity contribution in [1.82, 2.24) is 0 Å². The lowest BCUT2D eigenvalue weighted by molar-refractivity contribution is -0.385. The first-order valence-electron chi connectivity index (χ1n) is 6.41. The molecule has 1 N–H and O–H groups in total. The van der Waals surface area contributed by atoms with Crippen molar-refractivity contribution < 1.29 is 19.4 Å². The number of ether oxygens (including phenoxy) is 1. The third kappa shape index (κ3) is 3.58. The number of halogens is 1. The van der Waals surface area contributed by atoms with Crippen molar-refractivity contribution in [2.24, 2.45) is 0 Å². The summed E-state index contributed by atoms with van der Waals surface area (Å²) in [5.41, 5.74) is -0.229. The Morgan fingerprint density at radius 3 is 2.21 bits per heavy atom. The van der Waals surface area contributed by atoms with Crippen LogP contribution in [-0.4, -0.2) is 22.9 Å². The van der Waals surface area contributed by atoms with Gasteiger partial charge >= 0.3 is 0 Å². The Balaban J connectivity index is 2.30. The minimum absolute atomic E-state index is 0.0164. The van der Waals surface area contributed by atoms with E-state index in [0.717, 1.165) is 18.2 Å². The van der Waals surface area contributed by atoms with Gasteiger partial charge in [0.25, 0.3) is 17.3 Å². The number of hydrogen-bond donors (Lipinski definition) is 1. The summed E-state index contributed by atoms with van der Waals surface area (Å²) in [4.78, 5) is 32.4. The van der Waals surface area contributed by atoms with Crippen molar-refractivity contribution in [2.75, 3.05) is 12.4 Å². The first-order chi connectivity index (χ1) is 11.3. The molecule has 0 aliphatic carbocycles. The number of non-ortho nitro benzene ring substituents is 2. The van der Waals surface area contributed by atoms with Crippen LogP contribution in [0.2, 0.25) is 5.02 Å². The zero-order chi connectivity index (χ0) is 17.9. The Labute approximate surface area is 140 Å². The summed E-state index contributed by atoms with van der Waals surface area (Å²) in [5, 5.41) is 23.8. The number of anilines is 1. The van der Waals surface area contributed by atoms with Crippen LogP contribution in [0.4, 0.5) is 17.1 Å². The van der Waals surface area contributed by atoms with Gasteiger partial charge < -0.3 is 10.1 Å². The number of rotatable bonds is 5. The summed E-state index contributed by atoms with van der Waals surface area (Å²) in [7, 11) is 1.30. The Morgan fingerprint density at radius 1 is 1.08 bits per heavy atom. The van der Waals surface area contributed by atoms with Gasteiger partial charge in [0.05, 0.1) is 39.3 Å². The number of amides is 1. The lowest BCUT2D eigenvalue weighted by Gasteiger charge is -2.10. The van der Waals surface area contributed by atoms with Crippen molar-refractivity contribution in [3.63, 3.8) is 0 Å². The molecule has 0 spiro atoms. The number of hydrogen-bond acceptors (Lipinski definition) is 6. The molecule has 2 aromatic carbocycles. The molecule has 0 atom stereocenters. The predicted molar refractivity (Wildman–Crippen MR) is 85.7 cm³/mol. The van der Waals surface area contributed by atoms with E-state index in [-0.39, 0.29) is 33.4 Å². The molecule has 0 aliphatic heterocycles. The monoisotopic (exact) mass is 351 g/mol. The van der Waals surface area contributed by atoms with E-state index >= 15 is 0 Å². The van der Waals surface area contributed by atoms with Crippen LogP contribution in [-0.2, 0) is 0 Å². The van der Waals surface area contributed by atoms with Gasteiger partial charge in [0.1, 0.15) is 5.75 Å². The second-order valence-corrected chi connectivity index (χ2v) is 4.92. The summed E-state index contributed by atoms with van der Waals surface area (Å²) in [6.07, 6.45) is 0. The minimum atomic E-state index is -0.637. The smallest absolute Gasteiger partial charge is 0.273 e. The summed E-state index contributed by atoms with van der Waals surface area (Å²) in [6.45, 7) is 0. The average Bonchev–Trinajstić information content (AvgIpc) is 2.54. The van der Waals surface area contributed by atoms with Gasteiger partial charge in [-0.15, -0.1) is 0 Å². The minimum Gasteiger partial charge on any atom is -0.494 e. The molecule has 0 bridgehead atoms. The standard InChI is InChI=1S/C14H10ClN3O6/c1-24-13-7-9(18(22)23)3-5-12(13)16-14(19)10-4-2-8(17(20)21)6-11(10)15/h2-7H,1H3,(H,16,19). The maximum absolute atomic E-state index is 12.2. The van der Waals surface area contributed by atoms with Gasteiger partial charge in [-0.25, -0.2) is 0 Å². The van der Waals surface area contributed by atoms with Crippen molar-refractivity contribution in [3.05, 3.63) is 67.2 Å². The third-order valence-corrected chi connectivity index (χ3v) is 3.36. The lowest BCUT2D eigenvalue weighted by Crippen LogP contribution is -2.13. The van der Waals surface area contributed by atoms with E-state index in [9.17, 15) is 25.0 Å². The van der Waals surface area contributed by atoms with Crippen LogP contribution in [0.3, 0.4) is 0 Å². The molecule has 0 saturated heterocycles. The van der Waals surface area contributed by atoms with Gasteiger partial charge in [-0.3, -0.25) is 25.0 Å². The Bertz CT molecular complexity index is 839. The topological polar surface area (TPSA) is 125 Å². The molecule has 1 amide bonds. The molecule has 0 fully saturated rings. The van der Waals surface area contributed by atoms with Crippen LogP contribution < -0.4 is 10.1 Å². The van der Waals surface area contributed by atoms with Crippen molar-refractivity contribution >= 4 is 34.6 Å². The summed E-state index contributed by atoms with van der Waals surface area (Å²) >= 11 is 5.89. The zero-order valence-electron chi connectivity index (χ0n) is 12.2. The Morgan fingerprint density at radius 2 is 1.67 bits per heavy atom. The van der Waals surface area contributed by atoms with E-state index in [1.165, 1.54) is 25.3 Å². The quantitative estimate of drug-likeness (QED) is 0.650. The maximum Gasteiger partial charge on any atom is 0.273 e. The van der Waals surface area contributed by atoms with Gasteiger partial charge in [-0.2, -0.15) is 0 Å². The van der Waals surface area contributed by atoms with Crippen LogP contribution >= 0.6 is 11.6 Å². The first kappa shape index (κ1) is 17.2. The fourth-order valence-electron chi connectivity index (χ4n) is 1.89. The first-order valence-corrected chi connectivity index (χ1v) is 6.79. The molecule has 0 saturated carbocycles. The van der Waals surface area contributed by atoms with Gasteiger partial charge in [0.15, 0.2) is 0 Å². The lowest BCUT2D eigenvalue weighted by atomic mass is 10.2. The zero-order valence-corrected chi connectivity index (χ0v) is 12.9. The van der Waals surface area contributed by atoms with E-state index in [1.807, 2.05) is 0 Å². The largest absolute Gasteiger partial charge is 0.494 e. The predicted octanol–water partition coefficient (Wildman–Crippen LogP) is 3.42. The molecule has 0 aliphatic rings. The third-order valence-electron chi connectivity index (χ3n) is 3.05. The van der Waals surface area contributed by atoms with E-state index in [1.54, 1.807) is 0 Å². The fraction of sp³-hybridized carbons (Fsp3) is 0.0714. The van der Waals surface area contributed by atoms with Crippen LogP contribution in [0, 0.1) is 20.2 Å². The molecule has 0 aromatic heterocycles. The molecule has 10 heteroatoms. The highest BCUT2D eigenvalue weighted by molar-refractivity contribution is 6.34. The molecule has 2 rings (SSSR count). The van der Waals surface area contributed by atoms with Crippen molar-refractivity contribution in [1.29, 1.82) is 0 Å². The molecule has 9 nitrogen and oxygen atoms in total. The molecule has 0 radical (unpaired) electrons. The number of benzene rings is 2. The number of nitro benzene ring substituents is 2. The molecule has 2 aromatic rings. The molecule has 0 unspecified atom stereocenters. The Hall–Kier alpha value is -3.20. The highest BCUT2D eigenvalue weighted by Gasteiger charge is 2.18. The van der Waals surface area contributed by atoms with Gasteiger partial charge in [-0.05, 0) is 12.1 Å². The second-order valence-electron chi connectivity index (χ2n) is 4.52. The van der Waals surface area contributed by atoms with E-state index in [0.29, 0.717) is 0 Å². The second kappa shape index (κ2) is 6.92. The number of nitrogens with zero attached hydrogens (tertiary/aromatic N) is 2. The number of nitrogens with one attached hydrogen (secondary N) is 1. The molecule has 24 heavy (non-hydrogen) atoms. The summed E-state index contributed by atoms with van der Waals surface area (Å²) < 4.78 is 5.01. The summed E-state index contributed by atoms with van der Waals surface area (Å²) in [5.74, 6) is -0.544. The SMILES string of the molecule is COc1cc([N+](=O)[O-])ccc1NC(=O)c1ccc([N+](=O)[O-])cc1Cl. The van der Waals surface area contributed by atoms with Crippen molar-refractivity contribution in [2.45, 2.75) is 0 Å². The maximum atomic E-state index is 12.2. The number of nitro groups is 2. The highest BCUT2D eigenvalue weighted by atomic mass is 35.5. The molecule has 124 valence electrons. The number of methoxy groups -OCH3 is 1. The van der Waals surface area contributed by atoms with Crippen LogP contribution in [0.15, 0.2) is 36.4 Å². The van der Waals surface area contributed by atoms with Crippen molar-refractivity contribution in [3.8, 4) is 5.75 Å². The van der Waals surface area contributed by atoms with Crippen LogP contribution in [0.25, 0.3) is 0 Å². The van der Waals surface area contributed by atoms with Gasteiger partial charge in [-0.1, -0.05) is 11.6 Å². The Kier molecular flexibility index (Phi) is 4.95. The van der Waals surface area contributed by atoms with Gasteiger partial charge in [0.2, 0.25) is 0 Å². The molecular formula is C14H10ClN3O6. The average molecular weight is 352 g/mol.